The summed E-state index contributed by atoms with van der Waals surface area (Å²) < 4.78 is 1.25. The molecule has 0 radical (unpaired) electrons. The van der Waals surface area contributed by atoms with Gasteiger partial charge in [0.1, 0.15) is 5.69 Å². The van der Waals surface area contributed by atoms with Gasteiger partial charge in [-0.15, -0.1) is 0 Å². The predicted molar refractivity (Wildman–Crippen MR) is 102 cm³/mol. The molecule has 0 aliphatic carbocycles. The van der Waals surface area contributed by atoms with E-state index in [9.17, 15) is 14.4 Å². The Morgan fingerprint density at radius 1 is 1.00 bits per heavy atom. The van der Waals surface area contributed by atoms with Crippen molar-refractivity contribution in [3.63, 3.8) is 0 Å². The van der Waals surface area contributed by atoms with Crippen LogP contribution in [0.1, 0.15) is 32.0 Å². The van der Waals surface area contributed by atoms with Gasteiger partial charge in [0.15, 0.2) is 0 Å². The molecule has 136 valence electrons. The molecule has 2 aromatic carbocycles. The Hall–Kier alpha value is -3.74. The SMILES string of the molecule is Cc1ccc(Cn2nc(C(=O)Nc3ccc(C(N)=O)cc3)ccc2=O)cc1. The summed E-state index contributed by atoms with van der Waals surface area (Å²) in [6, 6.07) is 16.6. The fraction of sp³-hybridized carbons (Fsp3) is 0.100. The van der Waals surface area contributed by atoms with Crippen LogP contribution in [0.5, 0.6) is 0 Å². The van der Waals surface area contributed by atoms with Crippen LogP contribution >= 0.6 is 0 Å². The summed E-state index contributed by atoms with van der Waals surface area (Å²) in [6.07, 6.45) is 0. The van der Waals surface area contributed by atoms with Crippen LogP contribution in [-0.4, -0.2) is 21.6 Å². The quantitative estimate of drug-likeness (QED) is 0.723. The number of carbonyl (C=O) groups excluding carboxylic acids is 2. The highest BCUT2D eigenvalue weighted by molar-refractivity contribution is 6.03. The molecule has 0 bridgehead atoms. The van der Waals surface area contributed by atoms with Crippen LogP contribution < -0.4 is 16.6 Å². The van der Waals surface area contributed by atoms with E-state index in [-0.39, 0.29) is 17.8 Å². The molecule has 0 aliphatic rings. The molecule has 0 unspecified atom stereocenters. The van der Waals surface area contributed by atoms with Crippen molar-refractivity contribution in [2.75, 3.05) is 5.32 Å². The summed E-state index contributed by atoms with van der Waals surface area (Å²) in [5, 5.41) is 6.82. The monoisotopic (exact) mass is 362 g/mol. The molecule has 0 saturated heterocycles. The van der Waals surface area contributed by atoms with Gasteiger partial charge < -0.3 is 11.1 Å². The number of hydrogen-bond donors (Lipinski definition) is 2. The smallest absolute Gasteiger partial charge is 0.276 e. The molecule has 1 aromatic heterocycles. The number of primary amides is 1. The van der Waals surface area contributed by atoms with Crippen molar-refractivity contribution in [1.82, 2.24) is 9.78 Å². The average molecular weight is 362 g/mol. The number of aromatic nitrogens is 2. The van der Waals surface area contributed by atoms with Gasteiger partial charge in [-0.25, -0.2) is 4.68 Å². The Bertz CT molecular complexity index is 1040. The first-order valence-electron chi connectivity index (χ1n) is 8.27. The number of amides is 2. The molecule has 0 fully saturated rings. The van der Waals surface area contributed by atoms with E-state index in [0.29, 0.717) is 11.3 Å². The minimum absolute atomic E-state index is 0.112. The molecule has 0 atom stereocenters. The van der Waals surface area contributed by atoms with E-state index in [1.807, 2.05) is 31.2 Å². The van der Waals surface area contributed by atoms with Crippen LogP contribution in [0, 0.1) is 6.92 Å². The van der Waals surface area contributed by atoms with Gasteiger partial charge in [0.05, 0.1) is 6.54 Å². The standard InChI is InChI=1S/C20H18N4O3/c1-13-2-4-14(5-3-13)12-24-18(25)11-10-17(23-24)20(27)22-16-8-6-15(7-9-16)19(21)26/h2-11H,12H2,1H3,(H2,21,26)(H,22,27). The lowest BCUT2D eigenvalue weighted by Gasteiger charge is -2.08. The summed E-state index contributed by atoms with van der Waals surface area (Å²) in [5.41, 5.74) is 7.87. The molecule has 0 spiro atoms. The number of nitrogens with zero attached hydrogens (tertiary/aromatic N) is 2. The lowest BCUT2D eigenvalue weighted by Crippen LogP contribution is -2.26. The number of hydrogen-bond acceptors (Lipinski definition) is 4. The Labute approximate surface area is 155 Å². The third-order valence-electron chi connectivity index (χ3n) is 3.98. The number of benzene rings is 2. The van der Waals surface area contributed by atoms with E-state index in [4.69, 9.17) is 5.73 Å². The van der Waals surface area contributed by atoms with E-state index in [1.54, 1.807) is 12.1 Å². The van der Waals surface area contributed by atoms with Crippen LogP contribution in [0.15, 0.2) is 65.5 Å². The van der Waals surface area contributed by atoms with Gasteiger partial charge in [0.25, 0.3) is 11.5 Å². The molecule has 7 nitrogen and oxygen atoms in total. The highest BCUT2D eigenvalue weighted by Crippen LogP contribution is 2.10. The first-order valence-corrected chi connectivity index (χ1v) is 8.27. The maximum absolute atomic E-state index is 12.4. The van der Waals surface area contributed by atoms with Gasteiger partial charge in [-0.3, -0.25) is 14.4 Å². The van der Waals surface area contributed by atoms with Gasteiger partial charge in [0, 0.05) is 17.3 Å². The van der Waals surface area contributed by atoms with E-state index in [0.717, 1.165) is 11.1 Å². The molecule has 3 aromatic rings. The molecular formula is C20H18N4O3. The van der Waals surface area contributed by atoms with E-state index in [2.05, 4.69) is 10.4 Å². The van der Waals surface area contributed by atoms with Gasteiger partial charge in [-0.2, -0.15) is 5.10 Å². The third-order valence-corrected chi connectivity index (χ3v) is 3.98. The Morgan fingerprint density at radius 2 is 1.67 bits per heavy atom. The molecule has 7 heteroatoms. The van der Waals surface area contributed by atoms with Crippen molar-refractivity contribution in [1.29, 1.82) is 0 Å². The molecule has 0 aliphatic heterocycles. The fourth-order valence-electron chi connectivity index (χ4n) is 2.46. The second-order valence-electron chi connectivity index (χ2n) is 6.10. The lowest BCUT2D eigenvalue weighted by molar-refractivity contribution is 0.0997. The highest BCUT2D eigenvalue weighted by atomic mass is 16.2. The maximum Gasteiger partial charge on any atom is 0.276 e. The van der Waals surface area contributed by atoms with Gasteiger partial charge >= 0.3 is 0 Å². The zero-order chi connectivity index (χ0) is 19.4. The summed E-state index contributed by atoms with van der Waals surface area (Å²) in [4.78, 5) is 35.5. The Balaban J connectivity index is 1.78. The van der Waals surface area contributed by atoms with E-state index in [1.165, 1.54) is 28.9 Å². The third kappa shape index (κ3) is 4.46. The number of nitrogens with one attached hydrogen (secondary N) is 1. The molecule has 3 rings (SSSR count). The normalized spacial score (nSPS) is 10.4. The number of nitrogens with two attached hydrogens (primary N) is 1. The minimum atomic E-state index is -0.544. The summed E-state index contributed by atoms with van der Waals surface area (Å²) in [5.74, 6) is -1.00. The zero-order valence-corrected chi connectivity index (χ0v) is 14.7. The van der Waals surface area contributed by atoms with Crippen molar-refractivity contribution >= 4 is 17.5 Å². The molecule has 2 amide bonds. The van der Waals surface area contributed by atoms with Crippen LogP contribution in [0.4, 0.5) is 5.69 Å². The fourth-order valence-corrected chi connectivity index (χ4v) is 2.46. The molecule has 27 heavy (non-hydrogen) atoms. The largest absolute Gasteiger partial charge is 0.366 e. The number of anilines is 1. The van der Waals surface area contributed by atoms with Crippen molar-refractivity contribution in [2.24, 2.45) is 5.73 Å². The van der Waals surface area contributed by atoms with Crippen molar-refractivity contribution in [3.05, 3.63) is 93.4 Å². The van der Waals surface area contributed by atoms with Gasteiger partial charge in [-0.05, 0) is 42.8 Å². The van der Waals surface area contributed by atoms with Crippen LogP contribution in [0.2, 0.25) is 0 Å². The van der Waals surface area contributed by atoms with Crippen LogP contribution in [0.25, 0.3) is 0 Å². The molecule has 0 saturated carbocycles. The molecule has 3 N–H and O–H groups in total. The van der Waals surface area contributed by atoms with Crippen molar-refractivity contribution < 1.29 is 9.59 Å². The maximum atomic E-state index is 12.4. The summed E-state index contributed by atoms with van der Waals surface area (Å²) >= 11 is 0. The summed E-state index contributed by atoms with van der Waals surface area (Å²) in [7, 11) is 0. The number of rotatable bonds is 5. The first kappa shape index (κ1) is 18.1. The van der Waals surface area contributed by atoms with Gasteiger partial charge in [0.2, 0.25) is 5.91 Å². The van der Waals surface area contributed by atoms with Crippen LogP contribution in [0.3, 0.4) is 0 Å². The molecule has 1 heterocycles. The van der Waals surface area contributed by atoms with E-state index < -0.39 is 11.8 Å². The number of carbonyl (C=O) groups is 2. The predicted octanol–water partition coefficient (Wildman–Crippen LogP) is 1.95. The topological polar surface area (TPSA) is 107 Å². The minimum Gasteiger partial charge on any atom is -0.366 e. The number of aryl methyl sites for hydroxylation is 1. The van der Waals surface area contributed by atoms with Gasteiger partial charge in [-0.1, -0.05) is 29.8 Å². The van der Waals surface area contributed by atoms with Crippen molar-refractivity contribution in [2.45, 2.75) is 13.5 Å². The molecular weight excluding hydrogens is 344 g/mol. The van der Waals surface area contributed by atoms with E-state index >= 15 is 0 Å². The summed E-state index contributed by atoms with van der Waals surface area (Å²) in [6.45, 7) is 2.25. The highest BCUT2D eigenvalue weighted by Gasteiger charge is 2.11. The zero-order valence-electron chi connectivity index (χ0n) is 14.7. The average Bonchev–Trinajstić information content (AvgIpc) is 2.65. The van der Waals surface area contributed by atoms with Crippen molar-refractivity contribution in [3.8, 4) is 0 Å². The Morgan fingerprint density at radius 3 is 2.30 bits per heavy atom. The Kier molecular flexibility index (Phi) is 5.12. The van der Waals surface area contributed by atoms with Crippen LogP contribution in [-0.2, 0) is 6.54 Å². The second kappa shape index (κ2) is 7.65. The first-order chi connectivity index (χ1) is 12.9. The second-order valence-corrected chi connectivity index (χ2v) is 6.10. The lowest BCUT2D eigenvalue weighted by atomic mass is 10.1.